The topological polar surface area (TPSA) is 124 Å². The first-order valence-corrected chi connectivity index (χ1v) is 10.1. The molecular formula is C18H21Cl2N5O4. The molecule has 2 aliphatic heterocycles. The molecule has 0 radical (unpaired) electrons. The van der Waals surface area contributed by atoms with Gasteiger partial charge in [0.25, 0.3) is 5.56 Å². The number of nitrogens with zero attached hydrogens (tertiary/aromatic N) is 4. The maximum absolute atomic E-state index is 12.3. The van der Waals surface area contributed by atoms with E-state index in [1.807, 2.05) is 24.0 Å². The van der Waals surface area contributed by atoms with Gasteiger partial charge in [-0.3, -0.25) is 9.78 Å². The number of alkyl halides is 2. The van der Waals surface area contributed by atoms with Crippen molar-refractivity contribution in [3.05, 3.63) is 38.5 Å². The van der Waals surface area contributed by atoms with Gasteiger partial charge in [-0.2, -0.15) is 4.98 Å². The molecule has 0 spiro atoms. The fraction of sp³-hybridized carbons (Fsp3) is 0.444. The van der Waals surface area contributed by atoms with Gasteiger partial charge in [-0.1, -0.05) is 0 Å². The van der Waals surface area contributed by atoms with Crippen molar-refractivity contribution in [1.82, 2.24) is 19.5 Å². The van der Waals surface area contributed by atoms with Gasteiger partial charge in [0.15, 0.2) is 11.5 Å². The van der Waals surface area contributed by atoms with E-state index in [0.29, 0.717) is 35.9 Å². The molecular weight excluding hydrogens is 421 g/mol. The van der Waals surface area contributed by atoms with Crippen LogP contribution in [0.1, 0.15) is 5.56 Å². The average Bonchev–Trinajstić information content (AvgIpc) is 2.68. The molecule has 1 aromatic rings. The molecule has 0 bridgehead atoms. The number of hydrogen-bond acceptors (Lipinski definition) is 7. The Labute approximate surface area is 175 Å². The lowest BCUT2D eigenvalue weighted by atomic mass is 10.1. The highest BCUT2D eigenvalue weighted by atomic mass is 35.5. The van der Waals surface area contributed by atoms with Crippen molar-refractivity contribution in [1.29, 1.82) is 0 Å². The first-order valence-electron chi connectivity index (χ1n) is 9.00. The number of fused-ring (bicyclic) bond motifs is 2. The van der Waals surface area contributed by atoms with E-state index in [1.165, 1.54) is 4.57 Å². The summed E-state index contributed by atoms with van der Waals surface area (Å²) in [6.45, 7) is 2.53. The fourth-order valence-electron chi connectivity index (χ4n) is 3.29. The molecule has 0 aromatic heterocycles. The monoisotopic (exact) mass is 441 g/mol. The van der Waals surface area contributed by atoms with Gasteiger partial charge in [0.2, 0.25) is 0 Å². The van der Waals surface area contributed by atoms with E-state index in [4.69, 9.17) is 23.2 Å². The number of aromatic amines is 1. The summed E-state index contributed by atoms with van der Waals surface area (Å²) in [5.74, 6) is 0.875. The number of rotatable bonds is 8. The van der Waals surface area contributed by atoms with Crippen LogP contribution in [0.5, 0.6) is 0 Å². The van der Waals surface area contributed by atoms with Crippen molar-refractivity contribution in [2.75, 3.05) is 36.4 Å². The van der Waals surface area contributed by atoms with Crippen LogP contribution in [0.4, 0.5) is 5.69 Å². The van der Waals surface area contributed by atoms with E-state index >= 15 is 0 Å². The molecule has 1 unspecified atom stereocenters. The van der Waals surface area contributed by atoms with Gasteiger partial charge >= 0.3 is 5.69 Å². The van der Waals surface area contributed by atoms with Gasteiger partial charge in [-0.25, -0.2) is 9.78 Å². The second-order valence-electron chi connectivity index (χ2n) is 6.59. The van der Waals surface area contributed by atoms with Crippen LogP contribution >= 0.6 is 23.2 Å². The van der Waals surface area contributed by atoms with Crippen molar-refractivity contribution in [2.24, 2.45) is 0 Å². The van der Waals surface area contributed by atoms with Crippen LogP contribution in [-0.4, -0.2) is 67.3 Å². The summed E-state index contributed by atoms with van der Waals surface area (Å²) in [5.41, 5.74) is 1.30. The molecule has 0 saturated heterocycles. The number of anilines is 1. The molecule has 0 saturated carbocycles. The minimum Gasteiger partial charge on any atom is -0.394 e. The van der Waals surface area contributed by atoms with Crippen molar-refractivity contribution in [3.63, 3.8) is 0 Å². The third-order valence-corrected chi connectivity index (χ3v) is 4.92. The number of H-pyrrole nitrogens is 1. The number of aromatic nitrogens is 4. The number of aliphatic hydroxyl groups excluding tert-OH is 2. The highest BCUT2D eigenvalue weighted by Crippen LogP contribution is 2.29. The van der Waals surface area contributed by atoms with Gasteiger partial charge < -0.3 is 19.7 Å². The predicted octanol–water partition coefficient (Wildman–Crippen LogP) is 0.530. The second-order valence-corrected chi connectivity index (χ2v) is 7.35. The Morgan fingerprint density at radius 1 is 1.21 bits per heavy atom. The lowest BCUT2D eigenvalue weighted by Crippen LogP contribution is -2.31. The van der Waals surface area contributed by atoms with Crippen LogP contribution in [-0.2, 0) is 6.54 Å². The molecule has 2 heterocycles. The number of nitrogens with one attached hydrogen (secondary N) is 1. The number of aliphatic hydroxyl groups is 2. The molecule has 3 rings (SSSR count). The SMILES string of the molecule is Cc1cc2c(cc1N(CCCl)CCCl)nc1c(=O)[nH]c(=O)nc-1n2CC(O)CO. The maximum Gasteiger partial charge on any atom is 0.349 e. The summed E-state index contributed by atoms with van der Waals surface area (Å²) in [4.78, 5) is 36.5. The molecule has 3 N–H and O–H groups in total. The smallest absolute Gasteiger partial charge is 0.349 e. The Hall–Kier alpha value is -2.20. The second kappa shape index (κ2) is 9.08. The lowest BCUT2D eigenvalue weighted by Gasteiger charge is -2.26. The van der Waals surface area contributed by atoms with Crippen LogP contribution in [0.2, 0.25) is 0 Å². The Balaban J connectivity index is 2.33. The van der Waals surface area contributed by atoms with E-state index < -0.39 is 24.0 Å². The van der Waals surface area contributed by atoms with E-state index in [0.717, 1.165) is 11.3 Å². The number of benzene rings is 1. The summed E-state index contributed by atoms with van der Waals surface area (Å²) < 4.78 is 1.53. The van der Waals surface area contributed by atoms with Crippen LogP contribution in [0.3, 0.4) is 0 Å². The largest absolute Gasteiger partial charge is 0.394 e. The Kier molecular flexibility index (Phi) is 6.74. The molecule has 1 atom stereocenters. The zero-order chi connectivity index (χ0) is 21.1. The first-order chi connectivity index (χ1) is 13.9. The number of aryl methyl sites for hydroxylation is 1. The Bertz CT molecular complexity index is 1090. The average molecular weight is 442 g/mol. The summed E-state index contributed by atoms with van der Waals surface area (Å²) in [6, 6.07) is 3.65. The third kappa shape index (κ3) is 4.37. The van der Waals surface area contributed by atoms with Crippen molar-refractivity contribution in [2.45, 2.75) is 19.6 Å². The normalized spacial score (nSPS) is 12.6. The van der Waals surface area contributed by atoms with E-state index in [1.54, 1.807) is 0 Å². The lowest BCUT2D eigenvalue weighted by molar-refractivity contribution is 0.0822. The highest BCUT2D eigenvalue weighted by Gasteiger charge is 2.22. The van der Waals surface area contributed by atoms with Crippen LogP contribution in [0.25, 0.3) is 22.6 Å². The third-order valence-electron chi connectivity index (χ3n) is 4.58. The number of hydrogen-bond donors (Lipinski definition) is 3. The number of halogens is 2. The molecule has 156 valence electrons. The predicted molar refractivity (Wildman–Crippen MR) is 113 cm³/mol. The van der Waals surface area contributed by atoms with Crippen LogP contribution in [0, 0.1) is 6.92 Å². The molecule has 0 fully saturated rings. The molecule has 11 heteroatoms. The summed E-state index contributed by atoms with van der Waals surface area (Å²) >= 11 is 11.9. The van der Waals surface area contributed by atoms with Gasteiger partial charge in [-0.15, -0.1) is 23.2 Å². The summed E-state index contributed by atoms with van der Waals surface area (Å²) in [7, 11) is 0. The van der Waals surface area contributed by atoms with E-state index in [9.17, 15) is 19.8 Å². The fourth-order valence-corrected chi connectivity index (χ4v) is 3.69. The van der Waals surface area contributed by atoms with Crippen molar-refractivity contribution >= 4 is 39.9 Å². The Morgan fingerprint density at radius 3 is 2.52 bits per heavy atom. The van der Waals surface area contributed by atoms with E-state index in [-0.39, 0.29) is 18.1 Å². The van der Waals surface area contributed by atoms with Gasteiger partial charge in [0, 0.05) is 30.5 Å². The maximum atomic E-state index is 12.3. The van der Waals surface area contributed by atoms with Crippen LogP contribution < -0.4 is 16.1 Å². The molecule has 9 nitrogen and oxygen atoms in total. The minimum absolute atomic E-state index is 0.0294. The van der Waals surface area contributed by atoms with Crippen molar-refractivity contribution in [3.8, 4) is 11.5 Å². The highest BCUT2D eigenvalue weighted by molar-refractivity contribution is 6.18. The molecule has 0 aliphatic carbocycles. The molecule has 2 aliphatic rings. The van der Waals surface area contributed by atoms with Crippen molar-refractivity contribution < 1.29 is 10.2 Å². The van der Waals surface area contributed by atoms with Gasteiger partial charge in [0.1, 0.15) is 0 Å². The Morgan fingerprint density at radius 2 is 1.90 bits per heavy atom. The quantitative estimate of drug-likeness (QED) is 0.343. The zero-order valence-electron chi connectivity index (χ0n) is 15.7. The summed E-state index contributed by atoms with van der Waals surface area (Å²) in [6.07, 6.45) is -1.10. The van der Waals surface area contributed by atoms with Crippen LogP contribution in [0.15, 0.2) is 21.7 Å². The van der Waals surface area contributed by atoms with Gasteiger partial charge in [-0.05, 0) is 24.6 Å². The molecule has 0 amide bonds. The standard InChI is InChI=1S/C18H21Cl2N5O4/c1-10-6-14-12(7-13(10)24(4-2-19)5-3-20)21-15-16(22-18(29)23-17(15)28)25(14)8-11(27)9-26/h6-7,11,26-27H,2-5,8-9H2,1H3,(H,23,28,29). The zero-order valence-corrected chi connectivity index (χ0v) is 17.2. The van der Waals surface area contributed by atoms with Gasteiger partial charge in [0.05, 0.1) is 30.3 Å². The molecule has 29 heavy (non-hydrogen) atoms. The molecule has 1 aromatic carbocycles. The van der Waals surface area contributed by atoms with E-state index in [2.05, 4.69) is 15.0 Å². The first kappa shape index (κ1) is 21.5. The summed E-state index contributed by atoms with van der Waals surface area (Å²) in [5, 5.41) is 19.3. The minimum atomic E-state index is -1.10.